The first kappa shape index (κ1) is 13.6. The van der Waals surface area contributed by atoms with Gasteiger partial charge in [0.15, 0.2) is 0 Å². The number of fused-ring (bicyclic) bond motifs is 1. The molecular weight excluding hydrogens is 326 g/mol. The SMILES string of the molecule is Cc1cc(C(=O)N2CC[C@@]3(CO)CCC[C@@H]23)c(Br)s1. The normalized spacial score (nSPS) is 29.8. The highest BCUT2D eigenvalue weighted by Crippen LogP contribution is 2.49. The smallest absolute Gasteiger partial charge is 0.256 e. The van der Waals surface area contributed by atoms with Gasteiger partial charge in [0, 0.05) is 22.9 Å². The van der Waals surface area contributed by atoms with Crippen molar-refractivity contribution in [3.8, 4) is 0 Å². The fraction of sp³-hybridized carbons (Fsp3) is 0.643. The molecule has 3 rings (SSSR count). The van der Waals surface area contributed by atoms with Crippen LogP contribution < -0.4 is 0 Å². The Kier molecular flexibility index (Phi) is 3.48. The van der Waals surface area contributed by atoms with Gasteiger partial charge in [0.2, 0.25) is 0 Å². The van der Waals surface area contributed by atoms with Crippen LogP contribution in [0.15, 0.2) is 9.85 Å². The third kappa shape index (κ3) is 2.06. The first-order valence-electron chi connectivity index (χ1n) is 6.75. The summed E-state index contributed by atoms with van der Waals surface area (Å²) in [6.07, 6.45) is 4.16. The minimum absolute atomic E-state index is 0.0206. The van der Waals surface area contributed by atoms with Crippen molar-refractivity contribution in [2.24, 2.45) is 5.41 Å². The minimum atomic E-state index is -0.0206. The van der Waals surface area contributed by atoms with Crippen LogP contribution in [-0.4, -0.2) is 35.1 Å². The second-order valence-corrected chi connectivity index (χ2v) is 8.30. The topological polar surface area (TPSA) is 40.5 Å². The Hall–Kier alpha value is -0.390. The van der Waals surface area contributed by atoms with E-state index in [4.69, 9.17) is 0 Å². The Morgan fingerprint density at radius 2 is 2.42 bits per heavy atom. The maximum Gasteiger partial charge on any atom is 0.256 e. The van der Waals surface area contributed by atoms with E-state index >= 15 is 0 Å². The molecule has 0 spiro atoms. The molecule has 2 atom stereocenters. The van der Waals surface area contributed by atoms with E-state index in [0.29, 0.717) is 0 Å². The van der Waals surface area contributed by atoms with Gasteiger partial charge in [0.05, 0.1) is 16.0 Å². The van der Waals surface area contributed by atoms with Crippen molar-refractivity contribution in [1.29, 1.82) is 0 Å². The molecular formula is C14H18BrNO2S. The van der Waals surface area contributed by atoms with Crippen LogP contribution in [0.25, 0.3) is 0 Å². The lowest BCUT2D eigenvalue weighted by Gasteiger charge is -2.30. The summed E-state index contributed by atoms with van der Waals surface area (Å²) in [6, 6.07) is 2.20. The number of likely N-dealkylation sites (tertiary alicyclic amines) is 1. The average molecular weight is 344 g/mol. The molecule has 104 valence electrons. The molecule has 0 aromatic carbocycles. The molecule has 1 amide bonds. The number of aliphatic hydroxyl groups excluding tert-OH is 1. The number of carbonyl (C=O) groups is 1. The second-order valence-electron chi connectivity index (χ2n) is 5.72. The van der Waals surface area contributed by atoms with Crippen LogP contribution in [-0.2, 0) is 0 Å². The van der Waals surface area contributed by atoms with Crippen LogP contribution in [0.1, 0.15) is 40.9 Å². The fourth-order valence-corrected chi connectivity index (χ4v) is 5.46. The number of nitrogens with zero attached hydrogens (tertiary/aromatic N) is 1. The lowest BCUT2D eigenvalue weighted by molar-refractivity contribution is 0.0624. The van der Waals surface area contributed by atoms with Crippen LogP contribution in [0, 0.1) is 12.3 Å². The maximum atomic E-state index is 12.7. The van der Waals surface area contributed by atoms with E-state index in [0.717, 1.165) is 46.5 Å². The molecule has 5 heteroatoms. The number of halogens is 1. The Labute approximate surface area is 125 Å². The highest BCUT2D eigenvalue weighted by Gasteiger charge is 2.51. The number of rotatable bonds is 2. The molecule has 1 saturated carbocycles. The molecule has 1 aromatic rings. The molecule has 0 unspecified atom stereocenters. The van der Waals surface area contributed by atoms with Gasteiger partial charge in [-0.1, -0.05) is 6.42 Å². The van der Waals surface area contributed by atoms with Crippen LogP contribution in [0.5, 0.6) is 0 Å². The lowest BCUT2D eigenvalue weighted by Crippen LogP contribution is -2.41. The number of aryl methyl sites for hydroxylation is 1. The van der Waals surface area contributed by atoms with Crippen molar-refractivity contribution in [2.75, 3.05) is 13.2 Å². The van der Waals surface area contributed by atoms with E-state index in [2.05, 4.69) is 15.9 Å². The van der Waals surface area contributed by atoms with Gasteiger partial charge in [-0.2, -0.15) is 0 Å². The Morgan fingerprint density at radius 1 is 1.63 bits per heavy atom. The molecule has 2 heterocycles. The van der Waals surface area contributed by atoms with E-state index in [-0.39, 0.29) is 24.0 Å². The molecule has 1 aliphatic carbocycles. The molecule has 0 bridgehead atoms. The Bertz CT molecular complexity index is 516. The molecule has 1 aromatic heterocycles. The molecule has 2 aliphatic rings. The van der Waals surface area contributed by atoms with Crippen molar-refractivity contribution in [3.05, 3.63) is 20.3 Å². The van der Waals surface area contributed by atoms with Crippen LogP contribution >= 0.6 is 27.3 Å². The van der Waals surface area contributed by atoms with Crippen molar-refractivity contribution in [1.82, 2.24) is 4.90 Å². The predicted molar refractivity (Wildman–Crippen MR) is 79.6 cm³/mol. The summed E-state index contributed by atoms with van der Waals surface area (Å²) in [4.78, 5) is 15.8. The van der Waals surface area contributed by atoms with Gasteiger partial charge >= 0.3 is 0 Å². The van der Waals surface area contributed by atoms with E-state index in [1.807, 2.05) is 17.9 Å². The summed E-state index contributed by atoms with van der Waals surface area (Å²) in [7, 11) is 0. The van der Waals surface area contributed by atoms with E-state index in [9.17, 15) is 9.90 Å². The van der Waals surface area contributed by atoms with Crippen molar-refractivity contribution >= 4 is 33.2 Å². The molecule has 2 fully saturated rings. The third-order valence-electron chi connectivity index (χ3n) is 4.70. The van der Waals surface area contributed by atoms with Crippen LogP contribution in [0.4, 0.5) is 0 Å². The molecule has 3 nitrogen and oxygen atoms in total. The summed E-state index contributed by atoms with van der Waals surface area (Å²) in [5, 5.41) is 9.71. The van der Waals surface area contributed by atoms with E-state index < -0.39 is 0 Å². The lowest BCUT2D eigenvalue weighted by atomic mass is 9.83. The highest BCUT2D eigenvalue weighted by molar-refractivity contribution is 9.11. The van der Waals surface area contributed by atoms with Gasteiger partial charge in [-0.3, -0.25) is 4.79 Å². The van der Waals surface area contributed by atoms with Gasteiger partial charge < -0.3 is 10.0 Å². The molecule has 19 heavy (non-hydrogen) atoms. The van der Waals surface area contributed by atoms with Crippen molar-refractivity contribution in [2.45, 2.75) is 38.6 Å². The summed E-state index contributed by atoms with van der Waals surface area (Å²) in [6.45, 7) is 3.01. The van der Waals surface area contributed by atoms with Gasteiger partial charge in [-0.25, -0.2) is 0 Å². The van der Waals surface area contributed by atoms with E-state index in [1.54, 1.807) is 11.3 Å². The first-order chi connectivity index (χ1) is 9.07. The molecule has 1 N–H and O–H groups in total. The van der Waals surface area contributed by atoms with E-state index in [1.165, 1.54) is 0 Å². The van der Waals surface area contributed by atoms with Gasteiger partial charge in [0.25, 0.3) is 5.91 Å². The van der Waals surface area contributed by atoms with Gasteiger partial charge in [-0.05, 0) is 48.2 Å². The summed E-state index contributed by atoms with van der Waals surface area (Å²) in [5.41, 5.74) is 0.760. The second kappa shape index (κ2) is 4.86. The monoisotopic (exact) mass is 343 g/mol. The molecule has 1 saturated heterocycles. The summed E-state index contributed by atoms with van der Waals surface area (Å²) < 4.78 is 0.925. The van der Waals surface area contributed by atoms with Crippen molar-refractivity contribution < 1.29 is 9.90 Å². The predicted octanol–water partition coefficient (Wildman–Crippen LogP) is 3.20. The Morgan fingerprint density at radius 3 is 3.05 bits per heavy atom. The number of hydrogen-bond donors (Lipinski definition) is 1. The van der Waals surface area contributed by atoms with Crippen LogP contribution in [0.2, 0.25) is 0 Å². The first-order valence-corrected chi connectivity index (χ1v) is 8.36. The fourth-order valence-electron chi connectivity index (χ4n) is 3.69. The number of amides is 1. The molecule has 0 radical (unpaired) electrons. The zero-order valence-corrected chi connectivity index (χ0v) is 13.4. The molecule has 1 aliphatic heterocycles. The highest BCUT2D eigenvalue weighted by atomic mass is 79.9. The minimum Gasteiger partial charge on any atom is -0.396 e. The number of carbonyl (C=O) groups excluding carboxylic acids is 1. The Balaban J connectivity index is 1.88. The number of hydrogen-bond acceptors (Lipinski definition) is 3. The van der Waals surface area contributed by atoms with Gasteiger partial charge in [-0.15, -0.1) is 11.3 Å². The zero-order valence-electron chi connectivity index (χ0n) is 11.0. The van der Waals surface area contributed by atoms with Gasteiger partial charge in [0.1, 0.15) is 0 Å². The quantitative estimate of drug-likeness (QED) is 0.895. The average Bonchev–Trinajstić information content (AvgIpc) is 3.01. The summed E-state index contributed by atoms with van der Waals surface area (Å²) >= 11 is 5.10. The van der Waals surface area contributed by atoms with Crippen LogP contribution in [0.3, 0.4) is 0 Å². The number of aliphatic hydroxyl groups is 1. The largest absolute Gasteiger partial charge is 0.396 e. The zero-order chi connectivity index (χ0) is 13.6. The standard InChI is InChI=1S/C14H18BrNO2S/c1-9-7-10(12(15)19-9)13(18)16-6-5-14(8-17)4-2-3-11(14)16/h7,11,17H,2-6,8H2,1H3/t11-,14-/m1/s1. The van der Waals surface area contributed by atoms with Crippen molar-refractivity contribution in [3.63, 3.8) is 0 Å². The summed E-state index contributed by atoms with van der Waals surface area (Å²) in [5.74, 6) is 0.124. The number of thiophene rings is 1. The maximum absolute atomic E-state index is 12.7. The third-order valence-corrected chi connectivity index (χ3v) is 6.45.